The number of hydrogen-bond acceptors (Lipinski definition) is 5. The Hall–Kier alpha value is -3.32. The number of carboxylic acids is 1. The van der Waals surface area contributed by atoms with Crippen LogP contribution in [-0.4, -0.2) is 36.5 Å². The molecule has 0 amide bonds. The Kier molecular flexibility index (Phi) is 15.3. The minimum atomic E-state index is -0.933. The Bertz CT molecular complexity index is 917. The normalized spacial score (nSPS) is 10.7. The summed E-state index contributed by atoms with van der Waals surface area (Å²) in [6, 6.07) is 27.4. The number of aliphatic carboxylic acids is 1. The van der Waals surface area contributed by atoms with E-state index < -0.39 is 12.0 Å². The van der Waals surface area contributed by atoms with E-state index in [2.05, 4.69) is 36.4 Å². The van der Waals surface area contributed by atoms with Gasteiger partial charge >= 0.3 is 5.97 Å². The average molecular weight is 464 g/mol. The highest BCUT2D eigenvalue weighted by Gasteiger charge is 2.09. The van der Waals surface area contributed by atoms with Crippen LogP contribution in [0.2, 0.25) is 0 Å². The van der Waals surface area contributed by atoms with Gasteiger partial charge in [0.2, 0.25) is 0 Å². The number of aldehydes is 1. The molecule has 0 aromatic heterocycles. The first-order valence-corrected chi connectivity index (χ1v) is 11.5. The number of unbranched alkanes of at least 4 members (excludes halogenated alkanes) is 1. The number of carboxylic acid groups (broad SMARTS) is 1. The minimum Gasteiger partial charge on any atom is -0.480 e. The van der Waals surface area contributed by atoms with E-state index in [-0.39, 0.29) is 0 Å². The summed E-state index contributed by atoms with van der Waals surface area (Å²) < 4.78 is 0. The van der Waals surface area contributed by atoms with E-state index in [4.69, 9.17) is 22.3 Å². The fraction of sp³-hybridized carbons (Fsp3) is 0.286. The van der Waals surface area contributed by atoms with Crippen LogP contribution in [0.5, 0.6) is 0 Å². The second-order valence-corrected chi connectivity index (χ2v) is 7.71. The number of carbonyl (C=O) groups is 2. The highest BCUT2D eigenvalue weighted by atomic mass is 16.4. The van der Waals surface area contributed by atoms with Gasteiger partial charge in [0.15, 0.2) is 0 Å². The Morgan fingerprint density at radius 3 is 1.79 bits per heavy atom. The molecule has 0 aliphatic heterocycles. The first kappa shape index (κ1) is 28.7. The molecule has 7 N–H and O–H groups in total. The number of rotatable bonds is 10. The van der Waals surface area contributed by atoms with Crippen molar-refractivity contribution in [1.29, 1.82) is 0 Å². The lowest BCUT2D eigenvalue weighted by atomic mass is 10.0. The minimum absolute atomic E-state index is 0.520. The molecule has 0 saturated heterocycles. The average Bonchev–Trinajstić information content (AvgIpc) is 2.89. The number of hydrogen-bond donors (Lipinski definition) is 4. The van der Waals surface area contributed by atoms with E-state index in [0.29, 0.717) is 18.5 Å². The van der Waals surface area contributed by atoms with Crippen molar-refractivity contribution in [2.45, 2.75) is 38.1 Å². The third-order valence-corrected chi connectivity index (χ3v) is 4.95. The van der Waals surface area contributed by atoms with Gasteiger partial charge in [-0.15, -0.1) is 0 Å². The van der Waals surface area contributed by atoms with Crippen LogP contribution in [-0.2, 0) is 11.2 Å². The first-order chi connectivity index (χ1) is 16.5. The summed E-state index contributed by atoms with van der Waals surface area (Å²) in [5, 5.41) is 8.33. The number of carbonyl (C=O) groups excluding carboxylic acids is 1. The van der Waals surface area contributed by atoms with Crippen LogP contribution in [0.25, 0.3) is 11.1 Å². The van der Waals surface area contributed by atoms with Crippen LogP contribution in [0.3, 0.4) is 0 Å². The summed E-state index contributed by atoms with van der Waals surface area (Å²) in [6.07, 6.45) is 5.22. The van der Waals surface area contributed by atoms with Crippen molar-refractivity contribution in [3.05, 3.63) is 96.1 Å². The molecule has 0 aliphatic rings. The molecule has 6 heteroatoms. The summed E-state index contributed by atoms with van der Waals surface area (Å²) in [4.78, 5) is 20.6. The van der Waals surface area contributed by atoms with Gasteiger partial charge in [0, 0.05) is 5.56 Å². The zero-order valence-corrected chi connectivity index (χ0v) is 19.7. The van der Waals surface area contributed by atoms with E-state index in [1.807, 2.05) is 48.5 Å². The summed E-state index contributed by atoms with van der Waals surface area (Å²) >= 11 is 0. The van der Waals surface area contributed by atoms with Gasteiger partial charge in [0.05, 0.1) is 0 Å². The van der Waals surface area contributed by atoms with Crippen molar-refractivity contribution >= 4 is 12.3 Å². The predicted octanol–water partition coefficient (Wildman–Crippen LogP) is 4.27. The summed E-state index contributed by atoms with van der Waals surface area (Å²) in [5.41, 5.74) is 20.2. The number of nitrogens with two attached hydrogens (primary N) is 3. The monoisotopic (exact) mass is 463 g/mol. The fourth-order valence-electron chi connectivity index (χ4n) is 2.97. The molecule has 0 heterocycles. The van der Waals surface area contributed by atoms with Crippen molar-refractivity contribution in [1.82, 2.24) is 0 Å². The first-order valence-electron chi connectivity index (χ1n) is 11.5. The Balaban J connectivity index is 0.000000262. The van der Waals surface area contributed by atoms with E-state index in [9.17, 15) is 9.59 Å². The third-order valence-electron chi connectivity index (χ3n) is 4.95. The molecule has 0 spiro atoms. The highest BCUT2D eigenvalue weighted by Crippen LogP contribution is 2.18. The van der Waals surface area contributed by atoms with Crippen molar-refractivity contribution in [3.8, 4) is 11.1 Å². The van der Waals surface area contributed by atoms with Gasteiger partial charge in [-0.2, -0.15) is 0 Å². The Labute approximate surface area is 202 Å². The number of aryl methyl sites for hydroxylation is 1. The summed E-state index contributed by atoms with van der Waals surface area (Å²) in [6.45, 7) is 1.39. The summed E-state index contributed by atoms with van der Waals surface area (Å²) in [7, 11) is 0. The van der Waals surface area contributed by atoms with Gasteiger partial charge in [0.25, 0.3) is 0 Å². The second-order valence-electron chi connectivity index (χ2n) is 7.71. The van der Waals surface area contributed by atoms with Crippen LogP contribution in [0.4, 0.5) is 0 Å². The smallest absolute Gasteiger partial charge is 0.320 e. The van der Waals surface area contributed by atoms with Crippen molar-refractivity contribution in [2.24, 2.45) is 17.2 Å². The predicted molar refractivity (Wildman–Crippen MR) is 140 cm³/mol. The SMILES string of the molecule is NCCCC[C@H](N)C(=O)O.NCCCc1ccccc1.O=Cc1ccc(-c2ccccc2)cc1. The molecule has 182 valence electrons. The van der Waals surface area contributed by atoms with Gasteiger partial charge in [-0.3, -0.25) is 9.59 Å². The molecular weight excluding hydrogens is 426 g/mol. The van der Waals surface area contributed by atoms with Crippen molar-refractivity contribution in [2.75, 3.05) is 13.1 Å². The van der Waals surface area contributed by atoms with Crippen LogP contribution >= 0.6 is 0 Å². The van der Waals surface area contributed by atoms with Crippen LogP contribution in [0, 0.1) is 0 Å². The molecule has 3 aromatic rings. The maximum atomic E-state index is 10.5. The fourth-order valence-corrected chi connectivity index (χ4v) is 2.97. The van der Waals surface area contributed by atoms with Gasteiger partial charge in [-0.25, -0.2) is 0 Å². The molecule has 34 heavy (non-hydrogen) atoms. The van der Waals surface area contributed by atoms with E-state index >= 15 is 0 Å². The quantitative estimate of drug-likeness (QED) is 0.262. The van der Waals surface area contributed by atoms with Crippen molar-refractivity contribution in [3.63, 3.8) is 0 Å². The highest BCUT2D eigenvalue weighted by molar-refractivity contribution is 5.76. The van der Waals surface area contributed by atoms with Gasteiger partial charge in [-0.05, 0) is 55.5 Å². The van der Waals surface area contributed by atoms with Gasteiger partial charge < -0.3 is 22.3 Å². The van der Waals surface area contributed by atoms with Crippen LogP contribution in [0.1, 0.15) is 41.6 Å². The standard InChI is InChI=1S/C13H10O.C9H13N.C6H14N2O2/c14-10-11-6-8-13(9-7-11)12-4-2-1-3-5-12;10-8-4-7-9-5-2-1-3-6-9;7-4-2-1-3-5(8)6(9)10/h1-10H;1-3,5-6H,4,7-8,10H2;5H,1-4,7-8H2,(H,9,10)/t;;5-/m..0/s1. The topological polar surface area (TPSA) is 132 Å². The Morgan fingerprint density at radius 2 is 1.29 bits per heavy atom. The molecule has 0 fully saturated rings. The molecular formula is C28H37N3O3. The molecule has 1 atom stereocenters. The lowest BCUT2D eigenvalue weighted by Gasteiger charge is -2.03. The van der Waals surface area contributed by atoms with E-state index in [0.717, 1.165) is 44.1 Å². The maximum Gasteiger partial charge on any atom is 0.320 e. The van der Waals surface area contributed by atoms with E-state index in [1.54, 1.807) is 0 Å². The second kappa shape index (κ2) is 18.1. The molecule has 0 aliphatic carbocycles. The number of benzene rings is 3. The molecule has 0 bridgehead atoms. The van der Waals surface area contributed by atoms with Crippen molar-refractivity contribution < 1.29 is 14.7 Å². The van der Waals surface area contributed by atoms with Crippen LogP contribution in [0.15, 0.2) is 84.9 Å². The molecule has 0 saturated carbocycles. The maximum absolute atomic E-state index is 10.5. The molecule has 0 radical (unpaired) electrons. The van der Waals surface area contributed by atoms with E-state index in [1.165, 1.54) is 11.1 Å². The lowest BCUT2D eigenvalue weighted by Crippen LogP contribution is -2.29. The third kappa shape index (κ3) is 12.6. The lowest BCUT2D eigenvalue weighted by molar-refractivity contribution is -0.138. The van der Waals surface area contributed by atoms with Gasteiger partial charge in [0.1, 0.15) is 12.3 Å². The summed E-state index contributed by atoms with van der Waals surface area (Å²) in [5.74, 6) is -0.933. The zero-order chi connectivity index (χ0) is 25.0. The van der Waals surface area contributed by atoms with Crippen LogP contribution < -0.4 is 17.2 Å². The Morgan fingerprint density at radius 1 is 0.765 bits per heavy atom. The van der Waals surface area contributed by atoms with Gasteiger partial charge in [-0.1, -0.05) is 91.3 Å². The molecule has 3 rings (SSSR count). The zero-order valence-electron chi connectivity index (χ0n) is 19.7. The molecule has 3 aromatic carbocycles. The largest absolute Gasteiger partial charge is 0.480 e. The molecule has 6 nitrogen and oxygen atoms in total. The molecule has 0 unspecified atom stereocenters.